The summed E-state index contributed by atoms with van der Waals surface area (Å²) in [7, 11) is 0. The van der Waals surface area contributed by atoms with E-state index in [-0.39, 0.29) is 30.9 Å². The lowest BCUT2D eigenvalue weighted by atomic mass is 9.66. The Kier molecular flexibility index (Phi) is 9.52. The number of nitrogens with zero attached hydrogens (tertiary/aromatic N) is 4. The van der Waals surface area contributed by atoms with E-state index in [1.807, 2.05) is 38.1 Å². The highest BCUT2D eigenvalue weighted by molar-refractivity contribution is 6.05. The Morgan fingerprint density at radius 3 is 2.24 bits per heavy atom. The van der Waals surface area contributed by atoms with Crippen molar-refractivity contribution in [2.75, 3.05) is 49.1 Å². The third kappa shape index (κ3) is 5.04. The number of anilines is 2. The van der Waals surface area contributed by atoms with E-state index in [2.05, 4.69) is 31.9 Å². The molecule has 1 N–H and O–H groups in total. The molecule has 2 unspecified atom stereocenters. The number of aliphatic hydroxyl groups is 1. The molecule has 1 aromatic carbocycles. The van der Waals surface area contributed by atoms with E-state index in [1.165, 1.54) is 4.90 Å². The van der Waals surface area contributed by atoms with Crippen LogP contribution in [0.15, 0.2) is 49.6 Å². The molecule has 0 radical (unpaired) electrons. The minimum absolute atomic E-state index is 0.140. The summed E-state index contributed by atoms with van der Waals surface area (Å²) in [5, 5.41) is 10.2. The topological polar surface area (TPSA) is 93.6 Å². The lowest BCUT2D eigenvalue weighted by Crippen LogP contribution is -2.58. The average molecular weight is 581 g/mol. The van der Waals surface area contributed by atoms with Crippen molar-refractivity contribution in [2.24, 2.45) is 11.8 Å². The smallest absolute Gasteiger partial charge is 0.253 e. The Hall–Kier alpha value is -3.17. The van der Waals surface area contributed by atoms with Crippen molar-refractivity contribution in [3.8, 4) is 0 Å². The molecule has 3 fully saturated rings. The van der Waals surface area contributed by atoms with Crippen molar-refractivity contribution in [3.63, 3.8) is 0 Å². The summed E-state index contributed by atoms with van der Waals surface area (Å²) in [5.41, 5.74) is -0.291. The van der Waals surface area contributed by atoms with Crippen molar-refractivity contribution in [1.82, 2.24) is 9.80 Å². The maximum absolute atomic E-state index is 14.7. The number of carbonyl (C=O) groups is 3. The second-order valence-corrected chi connectivity index (χ2v) is 12.0. The van der Waals surface area contributed by atoms with Gasteiger partial charge in [-0.15, -0.1) is 13.2 Å². The van der Waals surface area contributed by atoms with Crippen LogP contribution in [0.2, 0.25) is 0 Å². The molecule has 2 bridgehead atoms. The number of ether oxygens (including phenoxy) is 1. The zero-order chi connectivity index (χ0) is 30.8. The van der Waals surface area contributed by atoms with Gasteiger partial charge in [-0.25, -0.2) is 0 Å². The zero-order valence-electron chi connectivity index (χ0n) is 25.9. The van der Waals surface area contributed by atoms with Gasteiger partial charge in [0.15, 0.2) is 0 Å². The summed E-state index contributed by atoms with van der Waals surface area (Å²) in [6, 6.07) is 6.20. The van der Waals surface area contributed by atoms with Gasteiger partial charge in [0.25, 0.3) is 5.91 Å². The van der Waals surface area contributed by atoms with Crippen molar-refractivity contribution in [2.45, 2.75) is 77.2 Å². The fourth-order valence-corrected chi connectivity index (χ4v) is 7.53. The predicted octanol–water partition coefficient (Wildman–Crippen LogP) is 3.62. The summed E-state index contributed by atoms with van der Waals surface area (Å²) in [4.78, 5) is 50.2. The lowest BCUT2D eigenvalue weighted by molar-refractivity contribution is -0.151. The molecule has 6 atom stereocenters. The van der Waals surface area contributed by atoms with Gasteiger partial charge in [-0.05, 0) is 71.2 Å². The summed E-state index contributed by atoms with van der Waals surface area (Å²) in [6.45, 7) is 20.1. The van der Waals surface area contributed by atoms with Crippen molar-refractivity contribution in [1.29, 1.82) is 0 Å². The van der Waals surface area contributed by atoms with Crippen LogP contribution in [0.25, 0.3) is 0 Å². The number of carbonyl (C=O) groups excluding carboxylic acids is 3. The van der Waals surface area contributed by atoms with Gasteiger partial charge in [0.1, 0.15) is 11.6 Å². The van der Waals surface area contributed by atoms with Crippen molar-refractivity contribution >= 4 is 29.1 Å². The number of fused-ring (bicyclic) bond motifs is 1. The maximum Gasteiger partial charge on any atom is 0.253 e. The second kappa shape index (κ2) is 12.6. The highest BCUT2D eigenvalue weighted by Gasteiger charge is 2.78. The van der Waals surface area contributed by atoms with Gasteiger partial charge in [0, 0.05) is 44.1 Å². The maximum atomic E-state index is 14.7. The molecule has 1 spiro atoms. The molecular weight excluding hydrogens is 532 g/mol. The van der Waals surface area contributed by atoms with E-state index >= 15 is 0 Å². The average Bonchev–Trinajstić information content (AvgIpc) is 3.56. The van der Waals surface area contributed by atoms with Crippen LogP contribution in [0.3, 0.4) is 0 Å². The molecule has 3 aliphatic rings. The summed E-state index contributed by atoms with van der Waals surface area (Å²) >= 11 is 0. The van der Waals surface area contributed by atoms with Gasteiger partial charge in [-0.1, -0.05) is 19.1 Å². The fourth-order valence-electron chi connectivity index (χ4n) is 7.53. The molecule has 42 heavy (non-hydrogen) atoms. The molecule has 0 aliphatic carbocycles. The monoisotopic (exact) mass is 580 g/mol. The van der Waals surface area contributed by atoms with E-state index < -0.39 is 35.1 Å². The molecule has 230 valence electrons. The molecular formula is C33H48N4O5. The molecule has 3 amide bonds. The van der Waals surface area contributed by atoms with Gasteiger partial charge in [-0.3, -0.25) is 14.4 Å². The number of rotatable bonds is 14. The molecule has 1 aromatic rings. The minimum atomic E-state index is -1.17. The Labute approximate surface area is 250 Å². The number of benzene rings is 1. The Morgan fingerprint density at radius 1 is 1.07 bits per heavy atom. The molecule has 3 saturated heterocycles. The summed E-state index contributed by atoms with van der Waals surface area (Å²) < 4.78 is 6.79. The molecule has 4 rings (SSSR count). The van der Waals surface area contributed by atoms with Gasteiger partial charge in [0.2, 0.25) is 11.8 Å². The molecule has 3 aliphatic heterocycles. The largest absolute Gasteiger partial charge is 0.394 e. The second-order valence-electron chi connectivity index (χ2n) is 12.0. The van der Waals surface area contributed by atoms with E-state index in [4.69, 9.17) is 4.74 Å². The predicted molar refractivity (Wildman–Crippen MR) is 165 cm³/mol. The first-order valence-corrected chi connectivity index (χ1v) is 15.4. The number of hydrogen-bond donors (Lipinski definition) is 1. The highest BCUT2D eigenvalue weighted by Crippen LogP contribution is 2.64. The first kappa shape index (κ1) is 31.8. The molecule has 0 saturated carbocycles. The Balaban J connectivity index is 1.78. The minimum Gasteiger partial charge on any atom is -0.394 e. The summed E-state index contributed by atoms with van der Waals surface area (Å²) in [5.74, 6) is -2.28. The molecule has 9 heteroatoms. The van der Waals surface area contributed by atoms with Gasteiger partial charge >= 0.3 is 0 Å². The van der Waals surface area contributed by atoms with Gasteiger partial charge in [-0.2, -0.15) is 0 Å². The molecule has 3 heterocycles. The SMILES string of the molecule is C=CCN(CCC)C(=O)[C@H]1[C@H]2C(=O)N([C@H](C)CO)C(C(=O)N(CC=C)c3ccc(N(CC)CC)cc3)C23CC[C@]1(C)O3. The third-order valence-corrected chi connectivity index (χ3v) is 9.48. The Morgan fingerprint density at radius 2 is 1.69 bits per heavy atom. The zero-order valence-corrected chi connectivity index (χ0v) is 25.9. The quantitative estimate of drug-likeness (QED) is 0.338. The third-order valence-electron chi connectivity index (χ3n) is 9.48. The fraction of sp³-hybridized carbons (Fsp3) is 0.606. The van der Waals surface area contributed by atoms with Crippen LogP contribution < -0.4 is 9.80 Å². The van der Waals surface area contributed by atoms with Crippen LogP contribution >= 0.6 is 0 Å². The Bertz CT molecular complexity index is 1180. The number of aliphatic hydroxyl groups excluding tert-OH is 1. The highest BCUT2D eigenvalue weighted by atomic mass is 16.5. The lowest BCUT2D eigenvalue weighted by Gasteiger charge is -2.38. The molecule has 9 nitrogen and oxygen atoms in total. The summed E-state index contributed by atoms with van der Waals surface area (Å²) in [6.07, 6.45) is 5.17. The number of amides is 3. The van der Waals surface area contributed by atoms with Crippen LogP contribution in [-0.2, 0) is 19.1 Å². The standard InChI is InChI=1S/C33H48N4O5/c1-8-19-35(20-9-2)29(39)26-27-30(40)37(23(6)22-38)28(33(27)18-17-32(26,7)42-33)31(41)36(21-10-3)25-15-13-24(14-16-25)34(11-4)12-5/h8,10,13-16,23,26-28,38H,1,3,9,11-12,17-22H2,2,4-7H3/t23-,26-,27+,28?,32+,33?/m1/s1. The number of likely N-dealkylation sites (tertiary alicyclic amines) is 1. The van der Waals surface area contributed by atoms with Gasteiger partial charge in [0.05, 0.1) is 30.1 Å². The van der Waals surface area contributed by atoms with E-state index in [9.17, 15) is 19.5 Å². The van der Waals surface area contributed by atoms with Crippen LogP contribution in [0.4, 0.5) is 11.4 Å². The van der Waals surface area contributed by atoms with E-state index in [0.717, 1.165) is 25.2 Å². The number of hydrogen-bond acceptors (Lipinski definition) is 6. The van der Waals surface area contributed by atoms with Crippen LogP contribution in [0.1, 0.15) is 53.9 Å². The molecule has 0 aromatic heterocycles. The van der Waals surface area contributed by atoms with Crippen molar-refractivity contribution in [3.05, 3.63) is 49.6 Å². The van der Waals surface area contributed by atoms with Crippen LogP contribution in [0.5, 0.6) is 0 Å². The van der Waals surface area contributed by atoms with Crippen LogP contribution in [-0.4, -0.2) is 95.2 Å². The van der Waals surface area contributed by atoms with Crippen LogP contribution in [0, 0.1) is 11.8 Å². The normalized spacial score (nSPS) is 28.4. The van der Waals surface area contributed by atoms with E-state index in [1.54, 1.807) is 28.9 Å². The first-order chi connectivity index (χ1) is 20.1. The van der Waals surface area contributed by atoms with Gasteiger partial charge < -0.3 is 29.4 Å². The first-order valence-electron chi connectivity index (χ1n) is 15.4. The van der Waals surface area contributed by atoms with E-state index in [0.29, 0.717) is 31.6 Å². The van der Waals surface area contributed by atoms with Crippen molar-refractivity contribution < 1.29 is 24.2 Å².